The van der Waals surface area contributed by atoms with E-state index < -0.39 is 15.4 Å². The highest BCUT2D eigenvalue weighted by molar-refractivity contribution is 7.89. The predicted molar refractivity (Wildman–Crippen MR) is 98.3 cm³/mol. The van der Waals surface area contributed by atoms with Crippen LogP contribution < -0.4 is 5.32 Å². The second kappa shape index (κ2) is 6.44. The second-order valence-electron chi connectivity index (χ2n) is 6.36. The van der Waals surface area contributed by atoms with Crippen molar-refractivity contribution >= 4 is 33.2 Å². The highest BCUT2D eigenvalue weighted by atomic mass is 35.5. The molecular formula is C18H19ClN2O3S. The number of nitrogens with zero attached hydrogens (tertiary/aromatic N) is 1. The Kier molecular flexibility index (Phi) is 4.62. The van der Waals surface area contributed by atoms with Crippen LogP contribution in [0.25, 0.3) is 0 Å². The molecule has 0 bridgehead atoms. The highest BCUT2D eigenvalue weighted by Gasteiger charge is 2.51. The van der Waals surface area contributed by atoms with E-state index in [1.165, 1.54) is 26.2 Å². The Morgan fingerprint density at radius 1 is 1.12 bits per heavy atom. The summed E-state index contributed by atoms with van der Waals surface area (Å²) in [4.78, 5) is 12.9. The van der Waals surface area contributed by atoms with Crippen molar-refractivity contribution in [1.29, 1.82) is 0 Å². The zero-order valence-corrected chi connectivity index (χ0v) is 15.6. The number of hydrogen-bond acceptors (Lipinski definition) is 3. The summed E-state index contributed by atoms with van der Waals surface area (Å²) < 4.78 is 25.6. The minimum Gasteiger partial charge on any atom is -0.325 e. The van der Waals surface area contributed by atoms with Gasteiger partial charge in [0.15, 0.2) is 0 Å². The van der Waals surface area contributed by atoms with Gasteiger partial charge in [0.1, 0.15) is 0 Å². The molecule has 1 aliphatic rings. The maximum absolute atomic E-state index is 12.8. The van der Waals surface area contributed by atoms with Crippen molar-refractivity contribution in [2.75, 3.05) is 19.4 Å². The van der Waals surface area contributed by atoms with Crippen LogP contribution in [0.1, 0.15) is 18.4 Å². The van der Waals surface area contributed by atoms with E-state index in [2.05, 4.69) is 5.32 Å². The summed E-state index contributed by atoms with van der Waals surface area (Å²) in [5, 5.41) is 3.48. The molecule has 0 heterocycles. The van der Waals surface area contributed by atoms with E-state index in [1.54, 1.807) is 24.3 Å². The van der Waals surface area contributed by atoms with E-state index in [1.807, 2.05) is 12.1 Å². The fraction of sp³-hybridized carbons (Fsp3) is 0.278. The van der Waals surface area contributed by atoms with Crippen molar-refractivity contribution in [2.24, 2.45) is 0 Å². The number of hydrogen-bond donors (Lipinski definition) is 1. The fourth-order valence-electron chi connectivity index (χ4n) is 2.74. The van der Waals surface area contributed by atoms with Crippen LogP contribution >= 0.6 is 11.6 Å². The number of anilines is 1. The van der Waals surface area contributed by atoms with Crippen LogP contribution in [0.4, 0.5) is 5.69 Å². The molecule has 0 saturated heterocycles. The summed E-state index contributed by atoms with van der Waals surface area (Å²) in [6, 6.07) is 13.6. The standard InChI is InChI=1S/C18H19ClN2O3S/c1-21(2)25(23,24)16-5-3-4-15(12-16)20-17(22)18(10-11-18)13-6-8-14(19)9-7-13/h3-9,12H,10-11H2,1-2H3,(H,20,22). The van der Waals surface area contributed by atoms with E-state index >= 15 is 0 Å². The molecule has 0 unspecified atom stereocenters. The number of nitrogens with one attached hydrogen (secondary N) is 1. The molecule has 1 aliphatic carbocycles. The second-order valence-corrected chi connectivity index (χ2v) is 8.95. The van der Waals surface area contributed by atoms with Gasteiger partial charge in [0.05, 0.1) is 10.3 Å². The van der Waals surface area contributed by atoms with Crippen molar-refractivity contribution in [1.82, 2.24) is 4.31 Å². The Morgan fingerprint density at radius 2 is 1.76 bits per heavy atom. The highest BCUT2D eigenvalue weighted by Crippen LogP contribution is 2.49. The van der Waals surface area contributed by atoms with Crippen molar-refractivity contribution in [3.63, 3.8) is 0 Å². The van der Waals surface area contributed by atoms with Gasteiger partial charge in [-0.05, 0) is 48.7 Å². The van der Waals surface area contributed by atoms with Crippen LogP contribution in [-0.2, 0) is 20.2 Å². The topological polar surface area (TPSA) is 66.5 Å². The van der Waals surface area contributed by atoms with Crippen molar-refractivity contribution in [3.05, 3.63) is 59.1 Å². The van der Waals surface area contributed by atoms with Gasteiger partial charge in [0.2, 0.25) is 15.9 Å². The van der Waals surface area contributed by atoms with Gasteiger partial charge in [-0.2, -0.15) is 0 Å². The molecule has 132 valence electrons. The first-order valence-electron chi connectivity index (χ1n) is 7.86. The maximum atomic E-state index is 12.8. The quantitative estimate of drug-likeness (QED) is 0.868. The molecular weight excluding hydrogens is 360 g/mol. The molecule has 1 N–H and O–H groups in total. The molecule has 1 amide bonds. The average Bonchev–Trinajstić information content (AvgIpc) is 3.37. The Balaban J connectivity index is 1.83. The van der Waals surface area contributed by atoms with Gasteiger partial charge in [0, 0.05) is 24.8 Å². The number of benzene rings is 2. The lowest BCUT2D eigenvalue weighted by Crippen LogP contribution is -2.28. The summed E-state index contributed by atoms with van der Waals surface area (Å²) in [6.45, 7) is 0. The largest absolute Gasteiger partial charge is 0.325 e. The number of rotatable bonds is 5. The first kappa shape index (κ1) is 17.9. The lowest BCUT2D eigenvalue weighted by molar-refractivity contribution is -0.118. The number of amides is 1. The summed E-state index contributed by atoms with van der Waals surface area (Å²) in [7, 11) is -0.600. The van der Waals surface area contributed by atoms with Crippen LogP contribution in [0.15, 0.2) is 53.4 Å². The number of carbonyl (C=O) groups is 1. The van der Waals surface area contributed by atoms with Crippen molar-refractivity contribution in [3.8, 4) is 0 Å². The SMILES string of the molecule is CN(C)S(=O)(=O)c1cccc(NC(=O)C2(c3ccc(Cl)cc3)CC2)c1. The van der Waals surface area contributed by atoms with Gasteiger partial charge in [-0.1, -0.05) is 29.8 Å². The summed E-state index contributed by atoms with van der Waals surface area (Å²) in [6.07, 6.45) is 1.52. The number of halogens is 1. The van der Waals surface area contributed by atoms with Crippen molar-refractivity contribution in [2.45, 2.75) is 23.2 Å². The van der Waals surface area contributed by atoms with Crippen LogP contribution in [0.2, 0.25) is 5.02 Å². The zero-order valence-electron chi connectivity index (χ0n) is 14.0. The van der Waals surface area contributed by atoms with E-state index in [9.17, 15) is 13.2 Å². The third-order valence-electron chi connectivity index (χ3n) is 4.45. The van der Waals surface area contributed by atoms with Crippen LogP contribution in [0.3, 0.4) is 0 Å². The molecule has 2 aromatic rings. The minimum atomic E-state index is -3.54. The summed E-state index contributed by atoms with van der Waals surface area (Å²) >= 11 is 5.92. The summed E-state index contributed by atoms with van der Waals surface area (Å²) in [5.74, 6) is -0.130. The van der Waals surface area contributed by atoms with Gasteiger partial charge in [-0.15, -0.1) is 0 Å². The van der Waals surface area contributed by atoms with Crippen LogP contribution in [0, 0.1) is 0 Å². The third kappa shape index (κ3) is 3.42. The molecule has 7 heteroatoms. The molecule has 5 nitrogen and oxygen atoms in total. The lowest BCUT2D eigenvalue weighted by atomic mass is 9.95. The minimum absolute atomic E-state index is 0.130. The number of carbonyl (C=O) groups excluding carboxylic acids is 1. The molecule has 1 fully saturated rings. The lowest BCUT2D eigenvalue weighted by Gasteiger charge is -2.17. The molecule has 0 radical (unpaired) electrons. The van der Waals surface area contributed by atoms with Gasteiger partial charge >= 0.3 is 0 Å². The van der Waals surface area contributed by atoms with Crippen molar-refractivity contribution < 1.29 is 13.2 Å². The van der Waals surface area contributed by atoms with E-state index in [-0.39, 0.29) is 10.8 Å². The van der Waals surface area contributed by atoms with Gasteiger partial charge < -0.3 is 5.32 Å². The molecule has 25 heavy (non-hydrogen) atoms. The molecule has 2 aromatic carbocycles. The van der Waals surface area contributed by atoms with Gasteiger partial charge in [0.25, 0.3) is 0 Å². The molecule has 0 spiro atoms. The molecule has 1 saturated carbocycles. The first-order valence-corrected chi connectivity index (χ1v) is 9.68. The van der Waals surface area contributed by atoms with E-state index in [0.717, 1.165) is 22.7 Å². The normalized spacial score (nSPS) is 15.8. The Morgan fingerprint density at radius 3 is 2.32 bits per heavy atom. The number of sulfonamides is 1. The average molecular weight is 379 g/mol. The maximum Gasteiger partial charge on any atom is 0.242 e. The van der Waals surface area contributed by atoms with Crippen LogP contribution in [-0.4, -0.2) is 32.7 Å². The summed E-state index contributed by atoms with van der Waals surface area (Å²) in [5.41, 5.74) is 0.834. The van der Waals surface area contributed by atoms with Gasteiger partial charge in [-0.3, -0.25) is 4.79 Å². The predicted octanol–water partition coefficient (Wildman–Crippen LogP) is 3.26. The zero-order chi connectivity index (χ0) is 18.2. The molecule has 3 rings (SSSR count). The fourth-order valence-corrected chi connectivity index (χ4v) is 3.81. The Labute approximate surface area is 152 Å². The monoisotopic (exact) mass is 378 g/mol. The molecule has 0 atom stereocenters. The smallest absolute Gasteiger partial charge is 0.242 e. The molecule has 0 aromatic heterocycles. The third-order valence-corrected chi connectivity index (χ3v) is 6.51. The van der Waals surface area contributed by atoms with E-state index in [0.29, 0.717) is 10.7 Å². The van der Waals surface area contributed by atoms with Crippen LogP contribution in [0.5, 0.6) is 0 Å². The Hall–Kier alpha value is -1.89. The first-order chi connectivity index (χ1) is 11.8. The van der Waals surface area contributed by atoms with Gasteiger partial charge in [-0.25, -0.2) is 12.7 Å². The Bertz CT molecular complexity index is 904. The molecule has 0 aliphatic heterocycles. The van der Waals surface area contributed by atoms with E-state index in [4.69, 9.17) is 11.6 Å².